The SMILES string of the molecule is ClCCc1nc2ccc(Cl)cc2n1Cc1ccon1. The van der Waals surface area contributed by atoms with E-state index in [0.717, 1.165) is 22.6 Å². The van der Waals surface area contributed by atoms with Gasteiger partial charge in [-0.15, -0.1) is 11.6 Å². The Hall–Kier alpha value is -1.52. The molecule has 0 aliphatic rings. The lowest BCUT2D eigenvalue weighted by molar-refractivity contribution is 0.409. The van der Waals surface area contributed by atoms with Gasteiger partial charge in [0.15, 0.2) is 0 Å². The van der Waals surface area contributed by atoms with Crippen molar-refractivity contribution in [2.24, 2.45) is 0 Å². The van der Waals surface area contributed by atoms with Crippen LogP contribution >= 0.6 is 23.2 Å². The van der Waals surface area contributed by atoms with Crippen LogP contribution in [0.2, 0.25) is 5.02 Å². The summed E-state index contributed by atoms with van der Waals surface area (Å²) >= 11 is 11.9. The number of hydrogen-bond acceptors (Lipinski definition) is 3. The van der Waals surface area contributed by atoms with Gasteiger partial charge in [0, 0.05) is 23.4 Å². The third-order valence-corrected chi connectivity index (χ3v) is 3.34. The van der Waals surface area contributed by atoms with Crippen molar-refractivity contribution >= 4 is 34.2 Å². The van der Waals surface area contributed by atoms with Gasteiger partial charge in [-0.25, -0.2) is 4.98 Å². The minimum atomic E-state index is 0.524. The Balaban J connectivity index is 2.12. The molecular formula is C13H11Cl2N3O. The van der Waals surface area contributed by atoms with E-state index in [2.05, 4.69) is 14.7 Å². The molecule has 0 aliphatic carbocycles. The third-order valence-electron chi connectivity index (χ3n) is 2.92. The first-order valence-corrected chi connectivity index (χ1v) is 6.79. The van der Waals surface area contributed by atoms with Crippen molar-refractivity contribution < 1.29 is 4.52 Å². The summed E-state index contributed by atoms with van der Waals surface area (Å²) in [7, 11) is 0. The summed E-state index contributed by atoms with van der Waals surface area (Å²) in [5, 5.41) is 4.62. The predicted octanol–water partition coefficient (Wildman–Crippen LogP) is 3.51. The number of aromatic nitrogens is 3. The summed E-state index contributed by atoms with van der Waals surface area (Å²) in [5.41, 5.74) is 2.73. The van der Waals surface area contributed by atoms with Crippen LogP contribution in [0, 0.1) is 0 Å². The van der Waals surface area contributed by atoms with Gasteiger partial charge >= 0.3 is 0 Å². The van der Waals surface area contributed by atoms with Gasteiger partial charge in [0.05, 0.1) is 17.6 Å². The van der Waals surface area contributed by atoms with Crippen LogP contribution in [0.15, 0.2) is 35.1 Å². The van der Waals surface area contributed by atoms with Crippen molar-refractivity contribution in [2.75, 3.05) is 5.88 Å². The Bertz CT molecular complexity index is 691. The Morgan fingerprint density at radius 2 is 2.16 bits per heavy atom. The van der Waals surface area contributed by atoms with Gasteiger partial charge < -0.3 is 9.09 Å². The number of imidazole rings is 1. The lowest BCUT2D eigenvalue weighted by Gasteiger charge is -2.06. The van der Waals surface area contributed by atoms with Gasteiger partial charge in [0.1, 0.15) is 17.8 Å². The van der Waals surface area contributed by atoms with E-state index in [0.29, 0.717) is 23.9 Å². The molecule has 0 spiro atoms. The molecule has 0 bridgehead atoms. The van der Waals surface area contributed by atoms with Crippen LogP contribution in [0.1, 0.15) is 11.5 Å². The van der Waals surface area contributed by atoms with Gasteiger partial charge in [-0.3, -0.25) is 0 Å². The first-order valence-electron chi connectivity index (χ1n) is 5.88. The fourth-order valence-corrected chi connectivity index (χ4v) is 2.41. The molecular weight excluding hydrogens is 285 g/mol. The van der Waals surface area contributed by atoms with Crippen LogP contribution in [0.5, 0.6) is 0 Å². The van der Waals surface area contributed by atoms with Crippen LogP contribution in [0.25, 0.3) is 11.0 Å². The molecule has 2 aromatic heterocycles. The van der Waals surface area contributed by atoms with E-state index in [1.165, 1.54) is 0 Å². The number of benzene rings is 1. The second kappa shape index (κ2) is 5.23. The molecule has 3 aromatic rings. The number of aryl methyl sites for hydroxylation is 1. The van der Waals surface area contributed by atoms with Gasteiger partial charge in [-0.05, 0) is 18.2 Å². The largest absolute Gasteiger partial charge is 0.364 e. The molecule has 0 unspecified atom stereocenters. The maximum atomic E-state index is 6.06. The van der Waals surface area contributed by atoms with Crippen LogP contribution in [-0.4, -0.2) is 20.6 Å². The molecule has 0 fully saturated rings. The van der Waals surface area contributed by atoms with Crippen LogP contribution in [-0.2, 0) is 13.0 Å². The highest BCUT2D eigenvalue weighted by Gasteiger charge is 2.12. The number of hydrogen-bond donors (Lipinski definition) is 0. The molecule has 0 aliphatic heterocycles. The standard InChI is InChI=1S/C13H11Cl2N3O/c14-5-3-13-16-11-2-1-9(15)7-12(11)18(13)8-10-4-6-19-17-10/h1-2,4,6-7H,3,5,8H2. The molecule has 98 valence electrons. The molecule has 4 nitrogen and oxygen atoms in total. The average molecular weight is 296 g/mol. The summed E-state index contributed by atoms with van der Waals surface area (Å²) in [6, 6.07) is 7.49. The molecule has 0 atom stereocenters. The summed E-state index contributed by atoms with van der Waals surface area (Å²) < 4.78 is 6.93. The van der Waals surface area contributed by atoms with Crippen molar-refractivity contribution in [3.8, 4) is 0 Å². The Kier molecular flexibility index (Phi) is 3.44. The molecule has 0 amide bonds. The summed E-state index contributed by atoms with van der Waals surface area (Å²) in [6.07, 6.45) is 2.26. The minimum Gasteiger partial charge on any atom is -0.364 e. The fraction of sp³-hybridized carbons (Fsp3) is 0.231. The van der Waals surface area contributed by atoms with E-state index in [-0.39, 0.29) is 0 Å². The highest BCUT2D eigenvalue weighted by atomic mass is 35.5. The van der Waals surface area contributed by atoms with E-state index in [9.17, 15) is 0 Å². The molecule has 2 heterocycles. The van der Waals surface area contributed by atoms with Crippen molar-refractivity contribution in [1.29, 1.82) is 0 Å². The summed E-state index contributed by atoms with van der Waals surface area (Å²) in [6.45, 7) is 0.597. The Morgan fingerprint density at radius 3 is 2.89 bits per heavy atom. The summed E-state index contributed by atoms with van der Waals surface area (Å²) in [5.74, 6) is 1.45. The first-order chi connectivity index (χ1) is 9.28. The lowest BCUT2D eigenvalue weighted by Crippen LogP contribution is -2.06. The number of rotatable bonds is 4. The second-order valence-corrected chi connectivity index (χ2v) is 4.99. The zero-order valence-electron chi connectivity index (χ0n) is 10.0. The molecule has 0 saturated heterocycles. The van der Waals surface area contributed by atoms with Gasteiger partial charge in [-0.2, -0.15) is 0 Å². The molecule has 0 saturated carbocycles. The minimum absolute atomic E-state index is 0.524. The first kappa shape index (κ1) is 12.5. The summed E-state index contributed by atoms with van der Waals surface area (Å²) in [4.78, 5) is 4.59. The zero-order chi connectivity index (χ0) is 13.2. The lowest BCUT2D eigenvalue weighted by atomic mass is 10.3. The van der Waals surface area contributed by atoms with E-state index >= 15 is 0 Å². The predicted molar refractivity (Wildman–Crippen MR) is 74.8 cm³/mol. The van der Waals surface area contributed by atoms with E-state index in [4.69, 9.17) is 27.7 Å². The molecule has 0 N–H and O–H groups in total. The van der Waals surface area contributed by atoms with Gasteiger partial charge in [-0.1, -0.05) is 16.8 Å². The Labute approximate surface area is 119 Å². The number of nitrogens with zero attached hydrogens (tertiary/aromatic N) is 3. The highest BCUT2D eigenvalue weighted by molar-refractivity contribution is 6.31. The van der Waals surface area contributed by atoms with Crippen molar-refractivity contribution in [3.05, 3.63) is 47.1 Å². The second-order valence-electron chi connectivity index (χ2n) is 4.18. The van der Waals surface area contributed by atoms with E-state index < -0.39 is 0 Å². The normalized spacial score (nSPS) is 11.3. The smallest absolute Gasteiger partial charge is 0.124 e. The molecule has 6 heteroatoms. The molecule has 0 radical (unpaired) electrons. The quantitative estimate of drug-likeness (QED) is 0.692. The monoisotopic (exact) mass is 295 g/mol. The van der Waals surface area contributed by atoms with Crippen LogP contribution in [0.3, 0.4) is 0 Å². The van der Waals surface area contributed by atoms with Crippen molar-refractivity contribution in [3.63, 3.8) is 0 Å². The third kappa shape index (κ3) is 2.46. The molecule has 19 heavy (non-hydrogen) atoms. The number of fused-ring (bicyclic) bond motifs is 1. The number of halogens is 2. The van der Waals surface area contributed by atoms with Crippen molar-refractivity contribution in [1.82, 2.24) is 14.7 Å². The zero-order valence-corrected chi connectivity index (χ0v) is 11.5. The maximum absolute atomic E-state index is 6.06. The van der Waals surface area contributed by atoms with Crippen LogP contribution < -0.4 is 0 Å². The van der Waals surface area contributed by atoms with Crippen molar-refractivity contribution in [2.45, 2.75) is 13.0 Å². The maximum Gasteiger partial charge on any atom is 0.124 e. The Morgan fingerprint density at radius 1 is 1.26 bits per heavy atom. The average Bonchev–Trinajstić information content (AvgIpc) is 3.00. The highest BCUT2D eigenvalue weighted by Crippen LogP contribution is 2.22. The van der Waals surface area contributed by atoms with E-state index in [1.54, 1.807) is 6.26 Å². The van der Waals surface area contributed by atoms with E-state index in [1.807, 2.05) is 24.3 Å². The van der Waals surface area contributed by atoms with Gasteiger partial charge in [0.25, 0.3) is 0 Å². The topological polar surface area (TPSA) is 43.9 Å². The fourth-order valence-electron chi connectivity index (χ4n) is 2.08. The van der Waals surface area contributed by atoms with Gasteiger partial charge in [0.2, 0.25) is 0 Å². The van der Waals surface area contributed by atoms with Crippen LogP contribution in [0.4, 0.5) is 0 Å². The molecule has 1 aromatic carbocycles. The number of alkyl halides is 1. The molecule has 3 rings (SSSR count).